The van der Waals surface area contributed by atoms with E-state index in [1.807, 2.05) is 18.2 Å². The molecule has 92 valence electrons. The molecule has 0 aliphatic rings. The zero-order valence-electron chi connectivity index (χ0n) is 9.62. The van der Waals surface area contributed by atoms with Gasteiger partial charge in [0, 0.05) is 6.20 Å². The third kappa shape index (κ3) is 2.14. The lowest BCUT2D eigenvalue weighted by Gasteiger charge is -2.03. The summed E-state index contributed by atoms with van der Waals surface area (Å²) >= 11 is 5.73. The van der Waals surface area contributed by atoms with Crippen LogP contribution in [0.1, 0.15) is 17.5 Å². The predicted molar refractivity (Wildman–Crippen MR) is 68.5 cm³/mol. The Hall–Kier alpha value is -2.45. The van der Waals surface area contributed by atoms with E-state index in [9.17, 15) is 5.26 Å². The first-order valence-corrected chi connectivity index (χ1v) is 5.89. The Labute approximate surface area is 113 Å². The van der Waals surface area contributed by atoms with Crippen LogP contribution in [-0.2, 0) is 0 Å². The molecule has 0 saturated heterocycles. The van der Waals surface area contributed by atoms with Crippen LogP contribution >= 0.6 is 11.6 Å². The summed E-state index contributed by atoms with van der Waals surface area (Å²) in [6, 6.07) is 11.1. The molecule has 0 bridgehead atoms. The van der Waals surface area contributed by atoms with Crippen LogP contribution < -0.4 is 0 Å². The predicted octanol–water partition coefficient (Wildman–Crippen LogP) is 2.93. The lowest BCUT2D eigenvalue weighted by atomic mass is 10.1. The second kappa shape index (κ2) is 4.67. The van der Waals surface area contributed by atoms with Gasteiger partial charge in [-0.05, 0) is 29.8 Å². The summed E-state index contributed by atoms with van der Waals surface area (Å²) in [6.07, 6.45) is 1.50. The van der Waals surface area contributed by atoms with Gasteiger partial charge >= 0.3 is 0 Å². The Kier molecular flexibility index (Phi) is 2.86. The van der Waals surface area contributed by atoms with Crippen molar-refractivity contribution in [1.29, 1.82) is 5.26 Å². The second-order valence-corrected chi connectivity index (χ2v) is 4.17. The summed E-state index contributed by atoms with van der Waals surface area (Å²) < 4.78 is 5.58. The highest BCUT2D eigenvalue weighted by Gasteiger charge is 2.21. The maximum atomic E-state index is 9.30. The number of hydrogen-bond acceptors (Lipinski definition) is 5. The normalized spacial score (nSPS) is 12.2. The molecule has 0 amide bonds. The lowest BCUT2D eigenvalue weighted by molar-refractivity contribution is 0.525. The van der Waals surface area contributed by atoms with Crippen molar-refractivity contribution in [1.82, 2.24) is 15.0 Å². The number of rotatable bonds is 2. The number of para-hydroxylation sites is 2. The largest absolute Gasteiger partial charge is 0.439 e. The molecule has 0 fully saturated rings. The zero-order chi connectivity index (χ0) is 13.2. The molecule has 3 rings (SSSR count). The van der Waals surface area contributed by atoms with Gasteiger partial charge in [0.15, 0.2) is 11.5 Å². The molecule has 0 aliphatic heterocycles. The second-order valence-electron chi connectivity index (χ2n) is 3.83. The number of fused-ring (bicyclic) bond motifs is 1. The Morgan fingerprint density at radius 2 is 2.05 bits per heavy atom. The van der Waals surface area contributed by atoms with E-state index in [0.29, 0.717) is 22.7 Å². The third-order valence-corrected chi connectivity index (χ3v) is 2.81. The summed E-state index contributed by atoms with van der Waals surface area (Å²) in [4.78, 5) is 12.1. The first-order valence-electron chi connectivity index (χ1n) is 5.51. The monoisotopic (exact) mass is 270 g/mol. The van der Waals surface area contributed by atoms with Crippen LogP contribution in [0, 0.1) is 11.3 Å². The van der Waals surface area contributed by atoms with Crippen LogP contribution in [0.15, 0.2) is 40.9 Å². The molecule has 6 heteroatoms. The molecular weight excluding hydrogens is 264 g/mol. The number of nitriles is 1. The Balaban J connectivity index is 2.10. The standard InChI is InChI=1S/C13H7ClN4O/c14-13-16-6-5-9(18-13)8(7-15)12-17-10-3-1-2-4-11(10)19-12/h1-6,8H. The number of benzene rings is 1. The van der Waals surface area contributed by atoms with E-state index in [-0.39, 0.29) is 5.28 Å². The fourth-order valence-electron chi connectivity index (χ4n) is 1.77. The molecule has 0 saturated carbocycles. The zero-order valence-corrected chi connectivity index (χ0v) is 10.4. The van der Waals surface area contributed by atoms with Gasteiger partial charge in [0.25, 0.3) is 0 Å². The maximum Gasteiger partial charge on any atom is 0.222 e. The lowest BCUT2D eigenvalue weighted by Crippen LogP contribution is -2.02. The molecule has 3 aromatic rings. The fourth-order valence-corrected chi connectivity index (χ4v) is 1.92. The smallest absolute Gasteiger partial charge is 0.222 e. The SMILES string of the molecule is N#CC(c1ccnc(Cl)n1)c1nc2ccccc2o1. The quantitative estimate of drug-likeness (QED) is 0.669. The van der Waals surface area contributed by atoms with E-state index < -0.39 is 5.92 Å². The van der Waals surface area contributed by atoms with E-state index in [1.54, 1.807) is 12.1 Å². The number of halogens is 1. The van der Waals surface area contributed by atoms with Crippen molar-refractivity contribution in [2.24, 2.45) is 0 Å². The number of hydrogen-bond donors (Lipinski definition) is 0. The van der Waals surface area contributed by atoms with Crippen molar-refractivity contribution in [3.05, 3.63) is 53.4 Å². The van der Waals surface area contributed by atoms with Crippen LogP contribution in [0.4, 0.5) is 0 Å². The van der Waals surface area contributed by atoms with Crippen LogP contribution in [0.25, 0.3) is 11.1 Å². The van der Waals surface area contributed by atoms with Gasteiger partial charge < -0.3 is 4.42 Å². The van der Waals surface area contributed by atoms with Crippen LogP contribution in [0.5, 0.6) is 0 Å². The highest BCUT2D eigenvalue weighted by atomic mass is 35.5. The van der Waals surface area contributed by atoms with Crippen molar-refractivity contribution < 1.29 is 4.42 Å². The summed E-state index contributed by atoms with van der Waals surface area (Å²) in [5, 5.41) is 9.39. The van der Waals surface area contributed by atoms with E-state index >= 15 is 0 Å². The number of nitrogens with zero attached hydrogens (tertiary/aromatic N) is 4. The van der Waals surface area contributed by atoms with Crippen LogP contribution in [-0.4, -0.2) is 15.0 Å². The minimum atomic E-state index is -0.701. The van der Waals surface area contributed by atoms with Crippen molar-refractivity contribution >= 4 is 22.7 Å². The molecule has 1 atom stereocenters. The molecule has 19 heavy (non-hydrogen) atoms. The average molecular weight is 271 g/mol. The Morgan fingerprint density at radius 1 is 1.21 bits per heavy atom. The van der Waals surface area contributed by atoms with Crippen LogP contribution in [0.2, 0.25) is 5.28 Å². The third-order valence-electron chi connectivity index (χ3n) is 2.63. The maximum absolute atomic E-state index is 9.30. The molecule has 2 heterocycles. The van der Waals surface area contributed by atoms with Crippen molar-refractivity contribution in [3.63, 3.8) is 0 Å². The highest BCUT2D eigenvalue weighted by molar-refractivity contribution is 6.28. The molecule has 0 spiro atoms. The summed E-state index contributed by atoms with van der Waals surface area (Å²) in [5.74, 6) is -0.397. The average Bonchev–Trinajstić information content (AvgIpc) is 2.83. The molecule has 0 radical (unpaired) electrons. The van der Waals surface area contributed by atoms with Gasteiger partial charge in [-0.3, -0.25) is 0 Å². The molecule has 0 aliphatic carbocycles. The Bertz CT molecular complexity index is 744. The summed E-state index contributed by atoms with van der Waals surface area (Å²) in [5.41, 5.74) is 1.81. The van der Waals surface area contributed by atoms with Crippen molar-refractivity contribution in [2.75, 3.05) is 0 Å². The molecule has 0 N–H and O–H groups in total. The first-order chi connectivity index (χ1) is 9.28. The van der Waals surface area contributed by atoms with E-state index in [4.69, 9.17) is 16.0 Å². The van der Waals surface area contributed by atoms with Gasteiger partial charge in [-0.2, -0.15) is 5.26 Å². The molecule has 1 unspecified atom stereocenters. The van der Waals surface area contributed by atoms with Gasteiger partial charge in [0.1, 0.15) is 5.52 Å². The van der Waals surface area contributed by atoms with E-state index in [0.717, 1.165) is 0 Å². The highest BCUT2D eigenvalue weighted by Crippen LogP contribution is 2.25. The molecule has 1 aromatic carbocycles. The molecular formula is C13H7ClN4O. The number of oxazole rings is 1. The minimum absolute atomic E-state index is 0.0915. The van der Waals surface area contributed by atoms with E-state index in [1.165, 1.54) is 6.20 Å². The van der Waals surface area contributed by atoms with Crippen molar-refractivity contribution in [3.8, 4) is 6.07 Å². The molecule has 2 aromatic heterocycles. The van der Waals surface area contributed by atoms with E-state index in [2.05, 4.69) is 21.0 Å². The van der Waals surface area contributed by atoms with Crippen molar-refractivity contribution in [2.45, 2.75) is 5.92 Å². The summed E-state index contributed by atoms with van der Waals surface area (Å²) in [7, 11) is 0. The minimum Gasteiger partial charge on any atom is -0.439 e. The van der Waals surface area contributed by atoms with Crippen LogP contribution in [0.3, 0.4) is 0 Å². The van der Waals surface area contributed by atoms with Gasteiger partial charge in [0.2, 0.25) is 11.2 Å². The van der Waals surface area contributed by atoms with Gasteiger partial charge in [-0.15, -0.1) is 0 Å². The number of aromatic nitrogens is 3. The van der Waals surface area contributed by atoms with Gasteiger partial charge in [0.05, 0.1) is 11.8 Å². The summed E-state index contributed by atoms with van der Waals surface area (Å²) in [6.45, 7) is 0. The first kappa shape index (κ1) is 11.6. The Morgan fingerprint density at radius 3 is 2.79 bits per heavy atom. The molecule has 5 nitrogen and oxygen atoms in total. The van der Waals surface area contributed by atoms with Gasteiger partial charge in [-0.25, -0.2) is 15.0 Å². The fraction of sp³-hybridized carbons (Fsp3) is 0.0769. The topological polar surface area (TPSA) is 75.6 Å². The van der Waals surface area contributed by atoms with Gasteiger partial charge in [-0.1, -0.05) is 12.1 Å².